The number of nitrogens with zero attached hydrogens (tertiary/aromatic N) is 1. The van der Waals surface area contributed by atoms with Crippen molar-refractivity contribution >= 4 is 43.6 Å². The van der Waals surface area contributed by atoms with Crippen LogP contribution in [0.15, 0.2) is 109 Å². The lowest BCUT2D eigenvalue weighted by molar-refractivity contribution is -0.138. The summed E-state index contributed by atoms with van der Waals surface area (Å²) >= 11 is 0. The lowest BCUT2D eigenvalue weighted by Gasteiger charge is -2.44. The first-order valence-corrected chi connectivity index (χ1v) is 19.9. The summed E-state index contributed by atoms with van der Waals surface area (Å²) in [4.78, 5) is 17.0. The summed E-state index contributed by atoms with van der Waals surface area (Å²) in [5.41, 5.74) is 3.95. The predicted octanol–water partition coefficient (Wildman–Crippen LogP) is 8.69. The van der Waals surface area contributed by atoms with Gasteiger partial charge in [-0.15, -0.1) is 4.52 Å². The molecule has 9 heteroatoms. The Balaban J connectivity index is 1.44. The van der Waals surface area contributed by atoms with Crippen LogP contribution in [-0.2, 0) is 18.3 Å². The van der Waals surface area contributed by atoms with E-state index in [9.17, 15) is 18.9 Å². The maximum Gasteiger partial charge on any atom is 0.511 e. The largest absolute Gasteiger partial charge is 0.511 e. The molecular weight excluding hydrogens is 665 g/mol. The fourth-order valence-corrected chi connectivity index (χ4v) is 12.1. The Hall–Kier alpha value is -4.51. The highest BCUT2D eigenvalue weighted by Gasteiger charge is 2.52. The maximum absolute atomic E-state index is 13.9. The van der Waals surface area contributed by atoms with Gasteiger partial charge >= 0.3 is 14.0 Å². The summed E-state index contributed by atoms with van der Waals surface area (Å²) in [6, 6.07) is 33.9. The van der Waals surface area contributed by atoms with Crippen molar-refractivity contribution in [2.75, 3.05) is 12.8 Å². The zero-order valence-electron chi connectivity index (χ0n) is 29.0. The van der Waals surface area contributed by atoms with Crippen LogP contribution < -0.4 is 10.4 Å². The number of aliphatic carboxylic acids is 1. The molecule has 1 aromatic heterocycles. The number of halogens is 1. The van der Waals surface area contributed by atoms with Gasteiger partial charge in [0, 0.05) is 10.9 Å². The van der Waals surface area contributed by atoms with E-state index in [-0.39, 0.29) is 30.9 Å². The van der Waals surface area contributed by atoms with Crippen molar-refractivity contribution in [1.82, 2.24) is 4.98 Å². The second-order valence-corrected chi connectivity index (χ2v) is 19.1. The maximum atomic E-state index is 13.9. The standard InChI is InChI=1S/C41H41FNO5PSi/c1-29(2)40-36(39(30-22-24-31(42)25-23-30)35-19-12-13-21-37(35)43-40)20-14-26-47-49(46)28-32(27-38(44)45)48-50(41(3,4)5,33-15-8-6-9-16-33)34-17-10-7-11-18-34/h6-13,15-19,21-25,29,32H,26-28H2,1-5H3/p+1/t32-/m0/s1. The number of carboxylic acids is 1. The summed E-state index contributed by atoms with van der Waals surface area (Å²) in [5, 5.41) is 12.4. The Morgan fingerprint density at radius 1 is 0.900 bits per heavy atom. The van der Waals surface area contributed by atoms with Crippen LogP contribution in [0.5, 0.6) is 0 Å². The number of pyridine rings is 1. The zero-order valence-corrected chi connectivity index (χ0v) is 30.9. The van der Waals surface area contributed by atoms with Crippen LogP contribution >= 0.6 is 8.03 Å². The molecule has 0 amide bonds. The summed E-state index contributed by atoms with van der Waals surface area (Å²) in [7, 11) is -5.45. The van der Waals surface area contributed by atoms with E-state index < -0.39 is 33.5 Å². The number of rotatable bonds is 12. The Morgan fingerprint density at radius 3 is 2.04 bits per heavy atom. The number of hydrogen-bond donors (Lipinski definition) is 1. The monoisotopic (exact) mass is 706 g/mol. The molecule has 1 unspecified atom stereocenters. The van der Waals surface area contributed by atoms with Crippen LogP contribution in [0.4, 0.5) is 4.39 Å². The van der Waals surface area contributed by atoms with Crippen molar-refractivity contribution in [3.8, 4) is 23.0 Å². The molecule has 0 saturated heterocycles. The predicted molar refractivity (Wildman–Crippen MR) is 201 cm³/mol. The molecule has 4 aromatic carbocycles. The first-order chi connectivity index (χ1) is 23.9. The first kappa shape index (κ1) is 36.8. The number of hydrogen-bond acceptors (Lipinski definition) is 5. The molecule has 0 fully saturated rings. The van der Waals surface area contributed by atoms with Crippen molar-refractivity contribution in [3.05, 3.63) is 126 Å². The van der Waals surface area contributed by atoms with Crippen LogP contribution in [0.25, 0.3) is 22.0 Å². The molecule has 0 saturated carbocycles. The van der Waals surface area contributed by atoms with E-state index in [1.54, 1.807) is 12.1 Å². The molecule has 1 heterocycles. The van der Waals surface area contributed by atoms with Gasteiger partial charge in [0.05, 0.1) is 23.2 Å². The summed E-state index contributed by atoms with van der Waals surface area (Å²) < 4.78 is 40.1. The normalized spacial score (nSPS) is 12.7. The molecule has 5 rings (SSSR count). The Bertz CT molecular complexity index is 1980. The minimum absolute atomic E-state index is 0.0380. The Morgan fingerprint density at radius 2 is 1.48 bits per heavy atom. The lowest BCUT2D eigenvalue weighted by Crippen LogP contribution is -2.68. The van der Waals surface area contributed by atoms with Crippen molar-refractivity contribution in [2.24, 2.45) is 0 Å². The van der Waals surface area contributed by atoms with Crippen molar-refractivity contribution in [1.29, 1.82) is 0 Å². The minimum Gasteiger partial charge on any atom is -0.481 e. The van der Waals surface area contributed by atoms with Crippen LogP contribution in [-0.4, -0.2) is 43.2 Å². The van der Waals surface area contributed by atoms with Gasteiger partial charge in [0.25, 0.3) is 8.32 Å². The summed E-state index contributed by atoms with van der Waals surface area (Å²) in [6.45, 7) is 10.3. The quantitative estimate of drug-likeness (QED) is 0.0794. The SMILES string of the molecule is CC(C)c1nc2ccccc2c(-c2ccc(F)cc2)c1C#CCO[P+](=O)C[C@H](CC(=O)O)O[Si](c1ccccc1)(c1ccccc1)C(C)(C)C. The van der Waals surface area contributed by atoms with E-state index in [0.717, 1.165) is 38.1 Å². The number of benzene rings is 4. The van der Waals surface area contributed by atoms with Crippen molar-refractivity contribution < 1.29 is 27.8 Å². The van der Waals surface area contributed by atoms with Gasteiger partial charge in [0.15, 0.2) is 6.61 Å². The van der Waals surface area contributed by atoms with E-state index in [2.05, 4.69) is 32.6 Å². The number of carbonyl (C=O) groups is 1. The number of fused-ring (bicyclic) bond motifs is 1. The molecule has 0 spiro atoms. The van der Waals surface area contributed by atoms with Gasteiger partial charge < -0.3 is 9.53 Å². The number of aromatic nitrogens is 1. The zero-order chi connectivity index (χ0) is 35.9. The lowest BCUT2D eigenvalue weighted by atomic mass is 9.91. The topological polar surface area (TPSA) is 85.7 Å². The number of carboxylic acid groups (broad SMARTS) is 1. The van der Waals surface area contributed by atoms with E-state index in [1.165, 1.54) is 12.1 Å². The van der Waals surface area contributed by atoms with E-state index in [1.807, 2.05) is 98.8 Å². The number of para-hydroxylation sites is 1. The summed E-state index contributed by atoms with van der Waals surface area (Å²) in [6.07, 6.45) is -1.32. The third kappa shape index (κ3) is 8.26. The molecule has 0 radical (unpaired) electrons. The van der Waals surface area contributed by atoms with Gasteiger partial charge in [-0.05, 0) is 49.7 Å². The average Bonchev–Trinajstić information content (AvgIpc) is 3.09. The second-order valence-electron chi connectivity index (χ2n) is 13.5. The first-order valence-electron chi connectivity index (χ1n) is 16.7. The molecular formula is C41H42FNO5PSi+. The molecule has 0 aliphatic heterocycles. The Labute approximate surface area is 295 Å². The molecule has 256 valence electrons. The van der Waals surface area contributed by atoms with Crippen LogP contribution in [0.2, 0.25) is 5.04 Å². The van der Waals surface area contributed by atoms with Crippen LogP contribution in [0.3, 0.4) is 0 Å². The molecule has 2 atom stereocenters. The van der Waals surface area contributed by atoms with Crippen molar-refractivity contribution in [3.63, 3.8) is 0 Å². The van der Waals surface area contributed by atoms with E-state index >= 15 is 0 Å². The summed E-state index contributed by atoms with van der Waals surface area (Å²) in [5.74, 6) is 4.92. The fraction of sp³-hybridized carbons (Fsp3) is 0.268. The highest BCUT2D eigenvalue weighted by Crippen LogP contribution is 2.39. The van der Waals surface area contributed by atoms with E-state index in [0.29, 0.717) is 5.56 Å². The molecule has 50 heavy (non-hydrogen) atoms. The third-order valence-corrected chi connectivity index (χ3v) is 14.8. The second kappa shape index (κ2) is 16.0. The van der Waals surface area contributed by atoms with Crippen LogP contribution in [0, 0.1) is 17.7 Å². The van der Waals surface area contributed by atoms with Gasteiger partial charge in [-0.25, -0.2) is 4.39 Å². The molecule has 0 aliphatic rings. The van der Waals surface area contributed by atoms with Gasteiger partial charge in [0.1, 0.15) is 11.9 Å². The fourth-order valence-electron chi connectivity index (χ4n) is 6.42. The molecule has 1 N–H and O–H groups in total. The molecule has 6 nitrogen and oxygen atoms in total. The van der Waals surface area contributed by atoms with Gasteiger partial charge in [-0.3, -0.25) is 9.78 Å². The minimum atomic E-state index is -3.12. The highest BCUT2D eigenvalue weighted by molar-refractivity contribution is 7.39. The molecule has 0 bridgehead atoms. The van der Waals surface area contributed by atoms with Crippen LogP contribution in [0.1, 0.15) is 58.2 Å². The van der Waals surface area contributed by atoms with E-state index in [4.69, 9.17) is 13.9 Å². The Kier molecular flexibility index (Phi) is 11.8. The van der Waals surface area contributed by atoms with Gasteiger partial charge in [0.2, 0.25) is 6.16 Å². The molecule has 0 aliphatic carbocycles. The van der Waals surface area contributed by atoms with Gasteiger partial charge in [-0.1, -0.05) is 137 Å². The van der Waals surface area contributed by atoms with Gasteiger partial charge in [-0.2, -0.15) is 0 Å². The van der Waals surface area contributed by atoms with Crippen molar-refractivity contribution in [2.45, 2.75) is 58.1 Å². The third-order valence-electron chi connectivity index (χ3n) is 8.61. The smallest absolute Gasteiger partial charge is 0.481 e. The average molecular weight is 707 g/mol. The molecule has 5 aromatic rings. The highest BCUT2D eigenvalue weighted by atomic mass is 31.1.